The van der Waals surface area contributed by atoms with Gasteiger partial charge in [0.15, 0.2) is 7.14 Å². The van der Waals surface area contributed by atoms with E-state index in [1.807, 2.05) is 91.0 Å². The summed E-state index contributed by atoms with van der Waals surface area (Å²) in [5, 5.41) is 1.25. The van der Waals surface area contributed by atoms with Crippen molar-refractivity contribution in [2.24, 2.45) is 4.99 Å². The molecule has 1 aliphatic rings. The SMILES string of the molecule is O=P(C(N=C(c1ccccc1)N1CCOCC1)=C(Cl)Cl)(c1ccccc1)c1ccccc1. The molecule has 0 radical (unpaired) electrons. The zero-order valence-electron chi connectivity index (χ0n) is 17.4. The second-order valence-corrected chi connectivity index (χ2v) is 10.9. The lowest BCUT2D eigenvalue weighted by molar-refractivity contribution is 0.0683. The molecule has 1 fully saturated rings. The molecule has 1 aliphatic heterocycles. The van der Waals surface area contributed by atoms with E-state index < -0.39 is 7.14 Å². The van der Waals surface area contributed by atoms with Crippen LogP contribution < -0.4 is 10.6 Å². The molecule has 0 amide bonds. The second kappa shape index (κ2) is 10.5. The topological polar surface area (TPSA) is 41.9 Å². The Morgan fingerprint density at radius 2 is 1.25 bits per heavy atom. The number of rotatable bonds is 5. The van der Waals surface area contributed by atoms with Gasteiger partial charge >= 0.3 is 0 Å². The van der Waals surface area contributed by atoms with Gasteiger partial charge in [0.25, 0.3) is 0 Å². The summed E-state index contributed by atoms with van der Waals surface area (Å²) in [5.74, 6) is 0.676. The van der Waals surface area contributed by atoms with Crippen molar-refractivity contribution in [3.05, 3.63) is 106 Å². The van der Waals surface area contributed by atoms with Gasteiger partial charge in [-0.3, -0.25) is 0 Å². The third-order valence-electron chi connectivity index (χ3n) is 5.26. The molecule has 164 valence electrons. The molecule has 7 heteroatoms. The minimum absolute atomic E-state index is 0.109. The van der Waals surface area contributed by atoms with E-state index in [1.54, 1.807) is 0 Å². The van der Waals surface area contributed by atoms with E-state index in [0.29, 0.717) is 42.7 Å². The Morgan fingerprint density at radius 1 is 0.781 bits per heavy atom. The number of morpholine rings is 1. The highest BCUT2D eigenvalue weighted by atomic mass is 35.5. The molecule has 3 aromatic carbocycles. The average Bonchev–Trinajstić information content (AvgIpc) is 2.86. The van der Waals surface area contributed by atoms with Gasteiger partial charge in [0.2, 0.25) is 0 Å². The fourth-order valence-corrected chi connectivity index (χ4v) is 6.93. The Labute approximate surface area is 198 Å². The van der Waals surface area contributed by atoms with E-state index in [4.69, 9.17) is 32.9 Å². The van der Waals surface area contributed by atoms with Crippen LogP contribution in [0.3, 0.4) is 0 Å². The molecule has 0 aromatic heterocycles. The Balaban J connectivity index is 1.94. The number of hydrogen-bond acceptors (Lipinski definition) is 3. The molecule has 3 aromatic rings. The average molecular weight is 485 g/mol. The Morgan fingerprint density at radius 3 is 1.72 bits per heavy atom. The number of aliphatic imine (C=N–C) groups is 1. The van der Waals surface area contributed by atoms with Crippen LogP contribution in [0.4, 0.5) is 0 Å². The molecule has 0 aliphatic carbocycles. The zero-order chi connectivity index (χ0) is 22.4. The summed E-state index contributed by atoms with van der Waals surface area (Å²) in [6.07, 6.45) is 0. The Kier molecular flexibility index (Phi) is 7.49. The summed E-state index contributed by atoms with van der Waals surface area (Å²) in [5.41, 5.74) is 1.07. The van der Waals surface area contributed by atoms with Gasteiger partial charge in [-0.1, -0.05) is 114 Å². The summed E-state index contributed by atoms with van der Waals surface area (Å²) in [6.45, 7) is 2.52. The van der Waals surface area contributed by atoms with Crippen molar-refractivity contribution < 1.29 is 9.30 Å². The molecule has 0 spiro atoms. The lowest BCUT2D eigenvalue weighted by Gasteiger charge is -2.31. The maximum Gasteiger partial charge on any atom is 0.191 e. The predicted octanol–water partition coefficient (Wildman–Crippen LogP) is 5.38. The number of amidine groups is 1. The molecule has 32 heavy (non-hydrogen) atoms. The quantitative estimate of drug-likeness (QED) is 0.277. The van der Waals surface area contributed by atoms with E-state index >= 15 is 0 Å². The van der Waals surface area contributed by atoms with Gasteiger partial charge in [-0.2, -0.15) is 0 Å². The van der Waals surface area contributed by atoms with Crippen LogP contribution in [-0.4, -0.2) is 37.0 Å². The van der Waals surface area contributed by atoms with Crippen molar-refractivity contribution in [2.75, 3.05) is 26.3 Å². The summed E-state index contributed by atoms with van der Waals surface area (Å²) < 4.78 is 20.3. The van der Waals surface area contributed by atoms with Gasteiger partial charge in [-0.15, -0.1) is 0 Å². The van der Waals surface area contributed by atoms with Crippen LogP contribution in [0.5, 0.6) is 0 Å². The summed E-state index contributed by atoms with van der Waals surface area (Å²) in [6, 6.07) is 28.3. The predicted molar refractivity (Wildman–Crippen MR) is 134 cm³/mol. The standard InChI is InChI=1S/C25H23Cl2N2O2P/c26-23(27)25(28-24(20-10-4-1-5-11-20)29-16-18-31-19-17-29)32(30,21-12-6-2-7-13-21)22-14-8-3-9-15-22/h1-15H,16-19H2. The molecule has 0 N–H and O–H groups in total. The first-order chi connectivity index (χ1) is 15.6. The van der Waals surface area contributed by atoms with E-state index in [0.717, 1.165) is 5.56 Å². The minimum Gasteiger partial charge on any atom is -0.378 e. The molecular weight excluding hydrogens is 462 g/mol. The highest BCUT2D eigenvalue weighted by Crippen LogP contribution is 2.55. The van der Waals surface area contributed by atoms with Crippen LogP contribution >= 0.6 is 30.3 Å². The number of hydrogen-bond donors (Lipinski definition) is 0. The van der Waals surface area contributed by atoms with E-state index in [9.17, 15) is 4.57 Å². The first kappa shape index (κ1) is 22.8. The van der Waals surface area contributed by atoms with Crippen molar-refractivity contribution in [2.45, 2.75) is 0 Å². The molecule has 1 saturated heterocycles. The molecule has 1 heterocycles. The van der Waals surface area contributed by atoms with Crippen LogP contribution in [0.15, 0.2) is 106 Å². The zero-order valence-corrected chi connectivity index (χ0v) is 19.8. The maximum atomic E-state index is 14.8. The normalized spacial score (nSPS) is 14.8. The van der Waals surface area contributed by atoms with Crippen molar-refractivity contribution in [1.82, 2.24) is 4.90 Å². The molecule has 0 bridgehead atoms. The third kappa shape index (κ3) is 4.84. The highest BCUT2D eigenvalue weighted by molar-refractivity contribution is 7.82. The largest absolute Gasteiger partial charge is 0.378 e. The first-order valence-electron chi connectivity index (χ1n) is 10.3. The van der Waals surface area contributed by atoms with E-state index in [-0.39, 0.29) is 9.93 Å². The Bertz CT molecular complexity index is 1100. The van der Waals surface area contributed by atoms with Gasteiger partial charge in [0.05, 0.1) is 13.2 Å². The van der Waals surface area contributed by atoms with Gasteiger partial charge in [0.1, 0.15) is 15.8 Å². The van der Waals surface area contributed by atoms with Crippen LogP contribution in [0.25, 0.3) is 0 Å². The lowest BCUT2D eigenvalue weighted by atomic mass is 10.2. The number of nitrogens with zero attached hydrogens (tertiary/aromatic N) is 2. The maximum absolute atomic E-state index is 14.8. The molecule has 4 rings (SSSR count). The van der Waals surface area contributed by atoms with Crippen LogP contribution in [-0.2, 0) is 9.30 Å². The van der Waals surface area contributed by atoms with Crippen LogP contribution in [0.1, 0.15) is 5.56 Å². The summed E-state index contributed by atoms with van der Waals surface area (Å²) in [7, 11) is -3.45. The van der Waals surface area contributed by atoms with Crippen LogP contribution in [0, 0.1) is 0 Å². The van der Waals surface area contributed by atoms with Crippen molar-refractivity contribution >= 4 is 46.8 Å². The fourth-order valence-electron chi connectivity index (χ4n) is 3.68. The van der Waals surface area contributed by atoms with Gasteiger partial charge in [-0.25, -0.2) is 4.99 Å². The lowest BCUT2D eigenvalue weighted by Crippen LogP contribution is -2.41. The van der Waals surface area contributed by atoms with E-state index in [2.05, 4.69) is 4.90 Å². The van der Waals surface area contributed by atoms with Crippen molar-refractivity contribution in [1.29, 1.82) is 0 Å². The first-order valence-corrected chi connectivity index (χ1v) is 12.8. The number of benzene rings is 3. The molecule has 0 atom stereocenters. The molecule has 0 unspecified atom stereocenters. The third-order valence-corrected chi connectivity index (χ3v) is 8.85. The minimum atomic E-state index is -3.45. The summed E-state index contributed by atoms with van der Waals surface area (Å²) in [4.78, 5) is 7.05. The van der Waals surface area contributed by atoms with Crippen molar-refractivity contribution in [3.8, 4) is 0 Å². The smallest absolute Gasteiger partial charge is 0.191 e. The second-order valence-electron chi connectivity index (χ2n) is 7.27. The van der Waals surface area contributed by atoms with Crippen molar-refractivity contribution in [3.63, 3.8) is 0 Å². The highest BCUT2D eigenvalue weighted by Gasteiger charge is 2.35. The molecular formula is C25H23Cl2N2O2P. The Hall–Kier alpha value is -2.36. The van der Waals surface area contributed by atoms with Gasteiger partial charge in [0, 0.05) is 29.3 Å². The molecule has 0 saturated carbocycles. The molecule has 4 nitrogen and oxygen atoms in total. The fraction of sp³-hybridized carbons (Fsp3) is 0.160. The number of ether oxygens (including phenoxy) is 1. The monoisotopic (exact) mass is 484 g/mol. The number of halogens is 2. The van der Waals surface area contributed by atoms with E-state index in [1.165, 1.54) is 0 Å². The summed E-state index contributed by atoms with van der Waals surface area (Å²) >= 11 is 12.8. The van der Waals surface area contributed by atoms with Gasteiger partial charge in [-0.05, 0) is 0 Å². The van der Waals surface area contributed by atoms with Gasteiger partial charge < -0.3 is 14.2 Å². The van der Waals surface area contributed by atoms with Crippen LogP contribution in [0.2, 0.25) is 0 Å².